The molecular weight excluding hydrogens is 588 g/mol. The zero-order chi connectivity index (χ0) is 31.9. The van der Waals surface area contributed by atoms with Crippen LogP contribution in [0.15, 0.2) is 83.3 Å². The van der Waals surface area contributed by atoms with Crippen molar-refractivity contribution in [2.24, 2.45) is 5.16 Å². The van der Waals surface area contributed by atoms with Gasteiger partial charge in [0.2, 0.25) is 5.78 Å². The molecule has 0 amide bonds. The molecule has 8 nitrogen and oxygen atoms in total. The number of carbonyl (C=O) groups excluding carboxylic acids is 4. The molecule has 0 N–H and O–H groups in total. The van der Waals surface area contributed by atoms with E-state index in [2.05, 4.69) is 16.6 Å². The number of hydrogen-bond donors (Lipinski definition) is 0. The quantitative estimate of drug-likeness (QED) is 0.0248. The molecule has 230 valence electrons. The van der Waals surface area contributed by atoms with E-state index in [9.17, 15) is 19.2 Å². The number of hydrogen-bond acceptors (Lipinski definition) is 8. The minimum Gasteiger partial charge on any atom is -0.422 e. The average Bonchev–Trinajstić information content (AvgIpc) is 3.70. The number of thiophene rings is 1. The molecule has 5 rings (SSSR count). The maximum absolute atomic E-state index is 13.6. The smallest absolute Gasteiger partial charge is 0.353 e. The molecule has 0 saturated heterocycles. The van der Waals surface area contributed by atoms with E-state index in [1.807, 2.05) is 31.2 Å². The maximum Gasteiger partial charge on any atom is 0.353 e. The van der Waals surface area contributed by atoms with E-state index in [0.29, 0.717) is 40.3 Å². The van der Waals surface area contributed by atoms with Crippen LogP contribution in [0.2, 0.25) is 0 Å². The van der Waals surface area contributed by atoms with Crippen molar-refractivity contribution in [2.75, 3.05) is 0 Å². The summed E-state index contributed by atoms with van der Waals surface area (Å²) in [7, 11) is 0. The van der Waals surface area contributed by atoms with Crippen molar-refractivity contribution in [3.05, 3.63) is 99.7 Å². The molecule has 0 unspecified atom stereocenters. The molecule has 0 saturated carbocycles. The van der Waals surface area contributed by atoms with Crippen molar-refractivity contribution >= 4 is 62.4 Å². The molecule has 45 heavy (non-hydrogen) atoms. The first kappa shape index (κ1) is 31.5. The first-order valence-corrected chi connectivity index (χ1v) is 15.9. The highest BCUT2D eigenvalue weighted by atomic mass is 32.1. The number of benzene rings is 3. The molecular formula is C36H34N2O6S. The van der Waals surface area contributed by atoms with Crippen molar-refractivity contribution < 1.29 is 28.8 Å². The third-order valence-electron chi connectivity index (χ3n) is 7.57. The Kier molecular flexibility index (Phi) is 9.99. The molecule has 0 aliphatic rings. The zero-order valence-electron chi connectivity index (χ0n) is 25.5. The lowest BCUT2D eigenvalue weighted by atomic mass is 9.98. The Labute approximate surface area is 265 Å². The predicted molar refractivity (Wildman–Crippen MR) is 177 cm³/mol. The number of carbonyl (C=O) groups is 4. The molecule has 0 atom stereocenters. The van der Waals surface area contributed by atoms with Gasteiger partial charge in [0.25, 0.3) is 0 Å². The third-order valence-corrected chi connectivity index (χ3v) is 8.42. The van der Waals surface area contributed by atoms with Crippen molar-refractivity contribution in [3.63, 3.8) is 0 Å². The van der Waals surface area contributed by atoms with Crippen molar-refractivity contribution in [2.45, 2.75) is 59.4 Å². The normalized spacial score (nSPS) is 11.6. The molecule has 0 bridgehead atoms. The lowest BCUT2D eigenvalue weighted by molar-refractivity contribution is -0.140. The van der Waals surface area contributed by atoms with E-state index >= 15 is 0 Å². The summed E-state index contributed by atoms with van der Waals surface area (Å²) in [4.78, 5) is 56.2. The first-order valence-electron chi connectivity index (χ1n) is 15.1. The van der Waals surface area contributed by atoms with Crippen LogP contribution < -0.4 is 4.74 Å². The molecule has 0 fully saturated rings. The van der Waals surface area contributed by atoms with E-state index in [0.717, 1.165) is 47.5 Å². The van der Waals surface area contributed by atoms with Crippen LogP contribution in [0, 0.1) is 0 Å². The second kappa shape index (κ2) is 14.3. The number of unbranched alkanes of at least 4 members (excludes halogenated alkanes) is 3. The van der Waals surface area contributed by atoms with Gasteiger partial charge in [-0.2, -0.15) is 0 Å². The highest BCUT2D eigenvalue weighted by Crippen LogP contribution is 2.32. The Hall–Kier alpha value is -4.89. The van der Waals surface area contributed by atoms with Crippen LogP contribution in [-0.2, 0) is 16.2 Å². The molecule has 2 heterocycles. The molecule has 5 aromatic rings. The highest BCUT2D eigenvalue weighted by Gasteiger charge is 2.20. The van der Waals surface area contributed by atoms with Gasteiger partial charge in [-0.3, -0.25) is 9.59 Å². The number of aromatic nitrogens is 1. The third kappa shape index (κ3) is 7.10. The largest absolute Gasteiger partial charge is 0.422 e. The molecule has 2 aromatic heterocycles. The number of fused-ring (bicyclic) bond motifs is 3. The fourth-order valence-electron chi connectivity index (χ4n) is 5.33. The fraction of sp³-hybridized carbons (Fsp3) is 0.250. The summed E-state index contributed by atoms with van der Waals surface area (Å²) in [6.45, 7) is 6.11. The van der Waals surface area contributed by atoms with Gasteiger partial charge in [0.15, 0.2) is 5.78 Å². The summed E-state index contributed by atoms with van der Waals surface area (Å²) in [5, 5.41) is 7.39. The second-order valence-corrected chi connectivity index (χ2v) is 11.6. The number of ether oxygens (including phenoxy) is 1. The molecule has 0 radical (unpaired) electrons. The van der Waals surface area contributed by atoms with E-state index in [1.165, 1.54) is 18.3 Å². The summed E-state index contributed by atoms with van der Waals surface area (Å²) in [5.74, 6) is -1.15. The summed E-state index contributed by atoms with van der Waals surface area (Å²) < 4.78 is 7.57. The van der Waals surface area contributed by atoms with Crippen LogP contribution in [0.1, 0.15) is 88.8 Å². The van der Waals surface area contributed by atoms with Gasteiger partial charge in [-0.25, -0.2) is 9.59 Å². The summed E-state index contributed by atoms with van der Waals surface area (Å²) in [6, 6.07) is 21.0. The average molecular weight is 623 g/mol. The van der Waals surface area contributed by atoms with Crippen LogP contribution in [0.4, 0.5) is 0 Å². The molecule has 9 heteroatoms. The standard InChI is InChI=1S/C36H34N2O6S/c1-4-6-7-8-10-30(37-44-23(3)39)35(41)26-15-19-32-29(22-26)28-21-25(14-18-31(28)38(32)5-2)34(40)24-12-16-27(17-13-24)43-36(42)33-11-9-20-45-33/h9,11-22H,4-8,10H2,1-3H3/b37-30+. The van der Waals surface area contributed by atoms with Crippen LogP contribution in [-0.4, -0.2) is 33.8 Å². The Morgan fingerprint density at radius 1 is 0.800 bits per heavy atom. The van der Waals surface area contributed by atoms with Gasteiger partial charge >= 0.3 is 11.9 Å². The van der Waals surface area contributed by atoms with Gasteiger partial charge in [-0.1, -0.05) is 37.4 Å². The Morgan fingerprint density at radius 3 is 2.09 bits per heavy atom. The van der Waals surface area contributed by atoms with Crippen molar-refractivity contribution in [3.8, 4) is 5.75 Å². The van der Waals surface area contributed by atoms with Gasteiger partial charge in [0.05, 0.1) is 0 Å². The van der Waals surface area contributed by atoms with E-state index in [-0.39, 0.29) is 17.3 Å². The summed E-state index contributed by atoms with van der Waals surface area (Å²) >= 11 is 1.30. The van der Waals surface area contributed by atoms with E-state index in [1.54, 1.807) is 53.9 Å². The number of ketones is 2. The number of Topliss-reactive ketones (excluding diaryl/α,β-unsaturated/α-hetero) is 1. The maximum atomic E-state index is 13.6. The van der Waals surface area contributed by atoms with Gasteiger partial charge in [0, 0.05) is 52.0 Å². The SMILES string of the molecule is CCCCCC/C(=N\OC(C)=O)C(=O)c1ccc2c(c1)c1cc(C(=O)c3ccc(OC(=O)c4cccs4)cc3)ccc1n2CC. The molecule has 3 aromatic carbocycles. The van der Waals surface area contributed by atoms with Crippen LogP contribution in [0.5, 0.6) is 5.75 Å². The van der Waals surface area contributed by atoms with Gasteiger partial charge in [0.1, 0.15) is 16.3 Å². The zero-order valence-corrected chi connectivity index (χ0v) is 26.3. The Morgan fingerprint density at radius 2 is 1.47 bits per heavy atom. The number of esters is 1. The van der Waals surface area contributed by atoms with E-state index in [4.69, 9.17) is 9.57 Å². The first-order chi connectivity index (χ1) is 21.8. The predicted octanol–water partition coefficient (Wildman–Crippen LogP) is 8.40. The number of nitrogens with zero attached hydrogens (tertiary/aromatic N) is 2. The number of rotatable bonds is 13. The molecule has 0 spiro atoms. The Balaban J connectivity index is 1.45. The van der Waals surface area contributed by atoms with Crippen molar-refractivity contribution in [1.29, 1.82) is 0 Å². The summed E-state index contributed by atoms with van der Waals surface area (Å²) in [5.41, 5.74) is 3.47. The second-order valence-electron chi connectivity index (χ2n) is 10.7. The minimum atomic E-state index is -0.582. The van der Waals surface area contributed by atoms with Gasteiger partial charge in [-0.05, 0) is 91.9 Å². The number of oxime groups is 1. The lowest BCUT2D eigenvalue weighted by Crippen LogP contribution is -2.16. The Bertz CT molecular complexity index is 1900. The van der Waals surface area contributed by atoms with Gasteiger partial charge in [-0.15, -0.1) is 11.3 Å². The summed E-state index contributed by atoms with van der Waals surface area (Å²) in [6.07, 6.45) is 4.23. The lowest BCUT2D eigenvalue weighted by Gasteiger charge is -2.07. The molecule has 0 aliphatic carbocycles. The topological polar surface area (TPSA) is 104 Å². The monoisotopic (exact) mass is 622 g/mol. The van der Waals surface area contributed by atoms with Crippen LogP contribution in [0.25, 0.3) is 21.8 Å². The minimum absolute atomic E-state index is 0.180. The number of aryl methyl sites for hydroxylation is 1. The van der Waals surface area contributed by atoms with E-state index < -0.39 is 11.9 Å². The van der Waals surface area contributed by atoms with Crippen molar-refractivity contribution in [1.82, 2.24) is 4.57 Å². The van der Waals surface area contributed by atoms with Crippen LogP contribution in [0.3, 0.4) is 0 Å². The van der Waals surface area contributed by atoms with Crippen LogP contribution >= 0.6 is 11.3 Å². The van der Waals surface area contributed by atoms with Gasteiger partial charge < -0.3 is 14.1 Å². The highest BCUT2D eigenvalue weighted by molar-refractivity contribution is 7.12. The fourth-order valence-corrected chi connectivity index (χ4v) is 5.92. The molecule has 0 aliphatic heterocycles.